The van der Waals surface area contributed by atoms with Gasteiger partial charge >= 0.3 is 0 Å². The van der Waals surface area contributed by atoms with Crippen LogP contribution in [0.1, 0.15) is 48.9 Å². The van der Waals surface area contributed by atoms with Gasteiger partial charge in [0.1, 0.15) is 22.6 Å². The molecule has 2 aromatic carbocycles. The topological polar surface area (TPSA) is 70.2 Å². The van der Waals surface area contributed by atoms with Gasteiger partial charge in [0.25, 0.3) is 0 Å². The number of nitrogens with one attached hydrogen (secondary N) is 1. The molecule has 0 saturated carbocycles. The normalized spacial score (nSPS) is 17.4. The molecule has 3 heterocycles. The lowest BCUT2D eigenvalue weighted by Gasteiger charge is -2.21. The quantitative estimate of drug-likeness (QED) is 0.399. The van der Waals surface area contributed by atoms with Crippen molar-refractivity contribution < 1.29 is 0 Å². The Morgan fingerprint density at radius 2 is 1.86 bits per heavy atom. The summed E-state index contributed by atoms with van der Waals surface area (Å²) >= 11 is 14.5. The van der Waals surface area contributed by atoms with Crippen LogP contribution in [0.2, 0.25) is 10.0 Å². The minimum atomic E-state index is -0.126. The molecule has 0 aliphatic carbocycles. The van der Waals surface area contributed by atoms with Gasteiger partial charge in [-0.2, -0.15) is 10.2 Å². The molecule has 186 valence electrons. The van der Waals surface area contributed by atoms with Gasteiger partial charge in [-0.3, -0.25) is 15.0 Å². The van der Waals surface area contributed by atoms with Gasteiger partial charge in [-0.05, 0) is 35.9 Å². The zero-order chi connectivity index (χ0) is 25.3. The van der Waals surface area contributed by atoms with E-state index in [9.17, 15) is 0 Å². The predicted octanol–water partition coefficient (Wildman–Crippen LogP) is 6.29. The second kappa shape index (κ2) is 10.3. The second-order valence-corrected chi connectivity index (χ2v) is 11.5. The first-order valence-electron chi connectivity index (χ1n) is 11.7. The third-order valence-electron chi connectivity index (χ3n) is 5.81. The summed E-state index contributed by atoms with van der Waals surface area (Å²) in [4.78, 5) is 9.57. The molecule has 0 bridgehead atoms. The van der Waals surface area contributed by atoms with E-state index in [4.69, 9.17) is 28.2 Å². The number of hydrogen-bond donors (Lipinski definition) is 1. The number of rotatable bonds is 6. The van der Waals surface area contributed by atoms with Crippen LogP contribution in [-0.2, 0) is 13.0 Å². The predicted molar refractivity (Wildman–Crippen MR) is 151 cm³/mol. The number of nitrogens with zero attached hydrogens (tertiary/aromatic N) is 6. The van der Waals surface area contributed by atoms with Crippen molar-refractivity contribution in [2.75, 3.05) is 6.54 Å². The van der Waals surface area contributed by atoms with E-state index in [0.717, 1.165) is 33.5 Å². The second-order valence-electron chi connectivity index (χ2n) is 9.61. The van der Waals surface area contributed by atoms with Crippen molar-refractivity contribution in [3.05, 3.63) is 81.4 Å². The molecule has 7 nitrogen and oxygen atoms in total. The summed E-state index contributed by atoms with van der Waals surface area (Å²) in [7, 11) is 0. The lowest BCUT2D eigenvalue weighted by molar-refractivity contribution is 0.435. The van der Waals surface area contributed by atoms with Gasteiger partial charge in [0, 0.05) is 33.8 Å². The highest BCUT2D eigenvalue weighted by atomic mass is 35.5. The van der Waals surface area contributed by atoms with Gasteiger partial charge in [-0.1, -0.05) is 73.9 Å². The van der Waals surface area contributed by atoms with Crippen LogP contribution in [0.4, 0.5) is 0 Å². The standard InChI is InChI=1S/C26H27Cl2N7S/c1-26(2,3)25-33-32-24(36-25)23-21(15-34-16-29-12-13-30-34)35(19-10-8-18(27)9-11-19)22(31-23)14-17-6-4-5-7-20(17)28/h4-11,13,16,24,32H,12,14-15H2,1-3H3. The molecule has 36 heavy (non-hydrogen) atoms. The van der Waals surface area contributed by atoms with Crippen LogP contribution in [0, 0.1) is 5.41 Å². The largest absolute Gasteiger partial charge is 0.298 e. The molecule has 0 spiro atoms. The highest BCUT2D eigenvalue weighted by Crippen LogP contribution is 2.40. The van der Waals surface area contributed by atoms with Crippen molar-refractivity contribution in [2.45, 2.75) is 39.1 Å². The Kier molecular flexibility index (Phi) is 7.10. The molecule has 5 rings (SSSR count). The maximum absolute atomic E-state index is 6.56. The highest BCUT2D eigenvalue weighted by molar-refractivity contribution is 8.14. The number of halogens is 2. The summed E-state index contributed by atoms with van der Waals surface area (Å²) < 4.78 is 2.18. The molecular formula is C26H27Cl2N7S. The van der Waals surface area contributed by atoms with Gasteiger partial charge in [-0.25, -0.2) is 9.99 Å². The first-order chi connectivity index (χ1) is 17.3. The van der Waals surface area contributed by atoms with Gasteiger partial charge < -0.3 is 0 Å². The van der Waals surface area contributed by atoms with E-state index < -0.39 is 0 Å². The fourth-order valence-corrected chi connectivity index (χ4v) is 5.47. The molecule has 10 heteroatoms. The maximum atomic E-state index is 6.56. The van der Waals surface area contributed by atoms with Crippen molar-refractivity contribution in [1.29, 1.82) is 0 Å². The average Bonchev–Trinajstić information content (AvgIpc) is 3.48. The van der Waals surface area contributed by atoms with Gasteiger partial charge in [0.2, 0.25) is 0 Å². The zero-order valence-electron chi connectivity index (χ0n) is 20.3. The number of aliphatic imine (C=N–C) groups is 1. The number of hydrogen-bond acceptors (Lipinski definition) is 7. The van der Waals surface area contributed by atoms with Crippen LogP contribution in [0.15, 0.2) is 63.7 Å². The Hall–Kier alpha value is -2.81. The van der Waals surface area contributed by atoms with Crippen molar-refractivity contribution >= 4 is 52.6 Å². The number of benzene rings is 2. The average molecular weight is 541 g/mol. The monoisotopic (exact) mass is 539 g/mol. The molecule has 1 aromatic heterocycles. The van der Waals surface area contributed by atoms with E-state index in [0.29, 0.717) is 29.6 Å². The Morgan fingerprint density at radius 1 is 1.08 bits per heavy atom. The third kappa shape index (κ3) is 5.31. The van der Waals surface area contributed by atoms with Crippen LogP contribution in [0.5, 0.6) is 0 Å². The number of thioether (sulfide) groups is 1. The Bertz CT molecular complexity index is 1330. The zero-order valence-corrected chi connectivity index (χ0v) is 22.6. The Balaban J connectivity index is 1.64. The summed E-state index contributed by atoms with van der Waals surface area (Å²) in [6.07, 6.45) is 4.14. The van der Waals surface area contributed by atoms with Crippen molar-refractivity contribution in [3.63, 3.8) is 0 Å². The van der Waals surface area contributed by atoms with Crippen LogP contribution in [0.3, 0.4) is 0 Å². The van der Waals surface area contributed by atoms with Crippen LogP contribution in [0.25, 0.3) is 5.69 Å². The summed E-state index contributed by atoms with van der Waals surface area (Å²) in [6.45, 7) is 7.57. The fraction of sp³-hybridized carbons (Fsp3) is 0.308. The first kappa shape index (κ1) is 24.9. The highest BCUT2D eigenvalue weighted by Gasteiger charge is 2.34. The molecule has 1 atom stereocenters. The smallest absolute Gasteiger partial charge is 0.139 e. The van der Waals surface area contributed by atoms with Crippen molar-refractivity contribution in [1.82, 2.24) is 20.0 Å². The lowest BCUT2D eigenvalue weighted by Crippen LogP contribution is -2.22. The molecule has 0 saturated heterocycles. The summed E-state index contributed by atoms with van der Waals surface area (Å²) in [5, 5.41) is 13.3. The summed E-state index contributed by atoms with van der Waals surface area (Å²) in [5.41, 5.74) is 7.15. The van der Waals surface area contributed by atoms with Crippen LogP contribution in [-0.4, -0.2) is 38.7 Å². The molecule has 2 aliphatic heterocycles. The number of aromatic nitrogens is 2. The van der Waals surface area contributed by atoms with Gasteiger partial charge in [0.05, 0.1) is 24.5 Å². The molecule has 1 unspecified atom stereocenters. The Labute approximate surface area is 225 Å². The summed E-state index contributed by atoms with van der Waals surface area (Å²) in [6, 6.07) is 15.7. The molecule has 1 N–H and O–H groups in total. The van der Waals surface area contributed by atoms with Crippen molar-refractivity contribution in [2.24, 2.45) is 20.6 Å². The van der Waals surface area contributed by atoms with E-state index in [-0.39, 0.29) is 10.8 Å². The molecule has 2 aliphatic rings. The Morgan fingerprint density at radius 3 is 2.53 bits per heavy atom. The van der Waals surface area contributed by atoms with E-state index in [1.54, 1.807) is 24.3 Å². The van der Waals surface area contributed by atoms with Gasteiger partial charge in [0.15, 0.2) is 0 Å². The van der Waals surface area contributed by atoms with Gasteiger partial charge in [-0.15, -0.1) is 0 Å². The fourth-order valence-electron chi connectivity index (χ4n) is 4.05. The molecule has 0 radical (unpaired) electrons. The minimum absolute atomic E-state index is 0.0600. The summed E-state index contributed by atoms with van der Waals surface area (Å²) in [5.74, 6) is 0.875. The molecule has 3 aromatic rings. The molecule has 0 fully saturated rings. The van der Waals surface area contributed by atoms with E-state index in [1.807, 2.05) is 53.5 Å². The maximum Gasteiger partial charge on any atom is 0.139 e. The SMILES string of the molecule is CC(C)(C)C1=NNC(c2nc(Cc3ccccc3Cl)n(-c3ccc(Cl)cc3)c2CN2C=NCC=N2)S1. The van der Waals surface area contributed by atoms with E-state index >= 15 is 0 Å². The molecule has 0 amide bonds. The van der Waals surface area contributed by atoms with E-state index in [1.165, 1.54) is 0 Å². The van der Waals surface area contributed by atoms with E-state index in [2.05, 4.69) is 46.0 Å². The van der Waals surface area contributed by atoms with Crippen LogP contribution < -0.4 is 5.43 Å². The number of hydrazone groups is 2. The third-order valence-corrected chi connectivity index (χ3v) is 7.92. The number of imidazole rings is 1. The minimum Gasteiger partial charge on any atom is -0.298 e. The van der Waals surface area contributed by atoms with Crippen LogP contribution >= 0.6 is 35.0 Å². The molecular weight excluding hydrogens is 513 g/mol. The first-order valence-corrected chi connectivity index (χ1v) is 13.3. The van der Waals surface area contributed by atoms with Crippen molar-refractivity contribution in [3.8, 4) is 5.69 Å². The lowest BCUT2D eigenvalue weighted by atomic mass is 9.99.